The van der Waals surface area contributed by atoms with Crippen LogP contribution < -0.4 is 5.32 Å². The number of rotatable bonds is 6. The standard InChI is InChI=1S/C12H17F2NO/c1-3-6-16-8-12(15-2)10-7-9(13)4-5-11(10)14/h4-5,7,12,15H,3,6,8H2,1-2H3. The number of ether oxygens (including phenoxy) is 1. The van der Waals surface area contributed by atoms with Gasteiger partial charge in [0.25, 0.3) is 0 Å². The molecule has 90 valence electrons. The zero-order valence-corrected chi connectivity index (χ0v) is 9.59. The first-order chi connectivity index (χ1) is 7.69. The van der Waals surface area contributed by atoms with Gasteiger partial charge in [0.2, 0.25) is 0 Å². The average Bonchev–Trinajstić information content (AvgIpc) is 2.28. The molecule has 0 saturated carbocycles. The topological polar surface area (TPSA) is 21.3 Å². The van der Waals surface area contributed by atoms with Crippen LogP contribution in [0.5, 0.6) is 0 Å². The molecular formula is C12H17F2NO. The molecule has 0 aliphatic rings. The molecule has 1 aromatic rings. The summed E-state index contributed by atoms with van der Waals surface area (Å²) in [5, 5.41) is 2.91. The minimum absolute atomic E-state index is 0.304. The zero-order chi connectivity index (χ0) is 12.0. The molecule has 2 nitrogen and oxygen atoms in total. The van der Waals surface area contributed by atoms with Crippen molar-refractivity contribution in [2.45, 2.75) is 19.4 Å². The van der Waals surface area contributed by atoms with E-state index in [9.17, 15) is 8.78 Å². The van der Waals surface area contributed by atoms with E-state index in [1.54, 1.807) is 7.05 Å². The normalized spacial score (nSPS) is 12.8. The van der Waals surface area contributed by atoms with Gasteiger partial charge in [0.15, 0.2) is 0 Å². The smallest absolute Gasteiger partial charge is 0.128 e. The lowest BCUT2D eigenvalue weighted by atomic mass is 10.1. The van der Waals surface area contributed by atoms with Crippen molar-refractivity contribution in [3.63, 3.8) is 0 Å². The first kappa shape index (κ1) is 13.1. The summed E-state index contributed by atoms with van der Waals surface area (Å²) >= 11 is 0. The summed E-state index contributed by atoms with van der Waals surface area (Å²) in [6.45, 7) is 2.96. The molecule has 1 unspecified atom stereocenters. The van der Waals surface area contributed by atoms with E-state index in [0.717, 1.165) is 18.6 Å². The fourth-order valence-corrected chi connectivity index (χ4v) is 1.46. The van der Waals surface area contributed by atoms with E-state index in [0.29, 0.717) is 18.8 Å². The molecule has 0 aliphatic carbocycles. The maximum atomic E-state index is 13.5. The Labute approximate surface area is 94.6 Å². The van der Waals surface area contributed by atoms with Crippen molar-refractivity contribution >= 4 is 0 Å². The highest BCUT2D eigenvalue weighted by Crippen LogP contribution is 2.18. The molecule has 0 saturated heterocycles. The van der Waals surface area contributed by atoms with Gasteiger partial charge in [0.05, 0.1) is 12.6 Å². The number of halogens is 2. The Morgan fingerprint density at radius 3 is 2.75 bits per heavy atom. The second-order valence-electron chi connectivity index (χ2n) is 3.58. The van der Waals surface area contributed by atoms with E-state index in [4.69, 9.17) is 4.74 Å². The Hall–Kier alpha value is -1.00. The van der Waals surface area contributed by atoms with Crippen molar-refractivity contribution in [1.82, 2.24) is 5.32 Å². The molecular weight excluding hydrogens is 212 g/mol. The van der Waals surface area contributed by atoms with E-state index in [-0.39, 0.29) is 6.04 Å². The van der Waals surface area contributed by atoms with E-state index in [2.05, 4.69) is 5.32 Å². The highest BCUT2D eigenvalue weighted by atomic mass is 19.1. The molecule has 4 heteroatoms. The fourth-order valence-electron chi connectivity index (χ4n) is 1.46. The van der Waals surface area contributed by atoms with Crippen LogP contribution in [-0.2, 0) is 4.74 Å². The zero-order valence-electron chi connectivity index (χ0n) is 9.59. The van der Waals surface area contributed by atoms with Crippen molar-refractivity contribution < 1.29 is 13.5 Å². The molecule has 0 fully saturated rings. The molecule has 1 atom stereocenters. The molecule has 0 heterocycles. The third-order valence-corrected chi connectivity index (χ3v) is 2.31. The Morgan fingerprint density at radius 2 is 2.12 bits per heavy atom. The lowest BCUT2D eigenvalue weighted by Gasteiger charge is -2.17. The van der Waals surface area contributed by atoms with Crippen LogP contribution in [0, 0.1) is 11.6 Å². The average molecular weight is 229 g/mol. The van der Waals surface area contributed by atoms with Crippen LogP contribution in [-0.4, -0.2) is 20.3 Å². The van der Waals surface area contributed by atoms with Gasteiger partial charge in [-0.2, -0.15) is 0 Å². The van der Waals surface area contributed by atoms with E-state index in [1.807, 2.05) is 6.92 Å². The Balaban J connectivity index is 2.73. The number of likely N-dealkylation sites (N-methyl/N-ethyl adjacent to an activating group) is 1. The molecule has 16 heavy (non-hydrogen) atoms. The molecule has 0 amide bonds. The molecule has 0 aliphatic heterocycles. The van der Waals surface area contributed by atoms with Gasteiger partial charge in [-0.3, -0.25) is 0 Å². The monoisotopic (exact) mass is 229 g/mol. The molecule has 0 radical (unpaired) electrons. The van der Waals surface area contributed by atoms with Gasteiger partial charge in [-0.05, 0) is 31.7 Å². The third-order valence-electron chi connectivity index (χ3n) is 2.31. The lowest BCUT2D eigenvalue weighted by Crippen LogP contribution is -2.23. The first-order valence-corrected chi connectivity index (χ1v) is 5.39. The van der Waals surface area contributed by atoms with Gasteiger partial charge in [0.1, 0.15) is 11.6 Å². The molecule has 0 aromatic heterocycles. The van der Waals surface area contributed by atoms with Crippen LogP contribution in [0.1, 0.15) is 24.9 Å². The second kappa shape index (κ2) is 6.55. The minimum Gasteiger partial charge on any atom is -0.379 e. The summed E-state index contributed by atoms with van der Waals surface area (Å²) in [5.74, 6) is -0.854. The van der Waals surface area contributed by atoms with E-state index in [1.165, 1.54) is 6.07 Å². The lowest BCUT2D eigenvalue weighted by molar-refractivity contribution is 0.113. The quantitative estimate of drug-likeness (QED) is 0.757. The Bertz CT molecular complexity index is 331. The highest BCUT2D eigenvalue weighted by Gasteiger charge is 2.14. The highest BCUT2D eigenvalue weighted by molar-refractivity contribution is 5.22. The van der Waals surface area contributed by atoms with Gasteiger partial charge in [0, 0.05) is 12.2 Å². The second-order valence-corrected chi connectivity index (χ2v) is 3.58. The van der Waals surface area contributed by atoms with Gasteiger partial charge in [-0.15, -0.1) is 0 Å². The molecule has 1 rings (SSSR count). The fraction of sp³-hybridized carbons (Fsp3) is 0.500. The Morgan fingerprint density at radius 1 is 1.38 bits per heavy atom. The molecule has 0 spiro atoms. The van der Waals surface area contributed by atoms with Crippen LogP contribution >= 0.6 is 0 Å². The predicted octanol–water partition coefficient (Wildman–Crippen LogP) is 2.65. The van der Waals surface area contributed by atoms with Crippen molar-refractivity contribution in [2.75, 3.05) is 20.3 Å². The molecule has 1 N–H and O–H groups in total. The summed E-state index contributed by atoms with van der Waals surface area (Å²) in [4.78, 5) is 0. The van der Waals surface area contributed by atoms with Crippen molar-refractivity contribution in [3.8, 4) is 0 Å². The van der Waals surface area contributed by atoms with Crippen LogP contribution in [0.25, 0.3) is 0 Å². The molecule has 0 bridgehead atoms. The summed E-state index contributed by atoms with van der Waals surface area (Å²) in [7, 11) is 1.70. The first-order valence-electron chi connectivity index (χ1n) is 5.39. The van der Waals surface area contributed by atoms with Gasteiger partial charge in [-0.1, -0.05) is 6.92 Å². The number of hydrogen-bond donors (Lipinski definition) is 1. The largest absolute Gasteiger partial charge is 0.379 e. The van der Waals surface area contributed by atoms with Crippen LogP contribution in [0.4, 0.5) is 8.78 Å². The number of hydrogen-bond acceptors (Lipinski definition) is 2. The third kappa shape index (κ3) is 3.54. The number of nitrogens with one attached hydrogen (secondary N) is 1. The van der Waals surface area contributed by atoms with Crippen molar-refractivity contribution in [3.05, 3.63) is 35.4 Å². The summed E-state index contributed by atoms with van der Waals surface area (Å²) in [6.07, 6.45) is 0.905. The van der Waals surface area contributed by atoms with E-state index >= 15 is 0 Å². The summed E-state index contributed by atoms with van der Waals surface area (Å²) in [5.41, 5.74) is 0.304. The Kier molecular flexibility index (Phi) is 5.35. The van der Waals surface area contributed by atoms with Crippen LogP contribution in [0.15, 0.2) is 18.2 Å². The predicted molar refractivity (Wildman–Crippen MR) is 59.3 cm³/mol. The minimum atomic E-state index is -0.438. The number of benzene rings is 1. The van der Waals surface area contributed by atoms with Crippen LogP contribution in [0.2, 0.25) is 0 Å². The van der Waals surface area contributed by atoms with Gasteiger partial charge in [-0.25, -0.2) is 8.78 Å². The summed E-state index contributed by atoms with van der Waals surface area (Å²) in [6, 6.07) is 3.13. The van der Waals surface area contributed by atoms with Crippen molar-refractivity contribution in [2.24, 2.45) is 0 Å². The molecule has 1 aromatic carbocycles. The van der Waals surface area contributed by atoms with Crippen LogP contribution in [0.3, 0.4) is 0 Å². The maximum Gasteiger partial charge on any atom is 0.128 e. The SMILES string of the molecule is CCCOCC(NC)c1cc(F)ccc1F. The van der Waals surface area contributed by atoms with Gasteiger partial charge < -0.3 is 10.1 Å². The van der Waals surface area contributed by atoms with Gasteiger partial charge >= 0.3 is 0 Å². The summed E-state index contributed by atoms with van der Waals surface area (Å²) < 4.78 is 31.8. The maximum absolute atomic E-state index is 13.5. The van der Waals surface area contributed by atoms with Crippen molar-refractivity contribution in [1.29, 1.82) is 0 Å². The van der Waals surface area contributed by atoms with E-state index < -0.39 is 11.6 Å².